The second-order valence-electron chi connectivity index (χ2n) is 5.13. The van der Waals surface area contributed by atoms with Crippen LogP contribution in [0.4, 0.5) is 0 Å². The minimum Gasteiger partial charge on any atom is -0.373 e. The molecule has 0 spiro atoms. The number of nitrogens with one attached hydrogen (secondary N) is 1. The fourth-order valence-corrected chi connectivity index (χ4v) is 2.07. The summed E-state index contributed by atoms with van der Waals surface area (Å²) in [6.45, 7) is 8.86. The fourth-order valence-electron chi connectivity index (χ4n) is 2.07. The summed E-state index contributed by atoms with van der Waals surface area (Å²) in [5, 5.41) is 7.56. The van der Waals surface area contributed by atoms with Crippen LogP contribution in [0.1, 0.15) is 26.1 Å². The van der Waals surface area contributed by atoms with Gasteiger partial charge in [-0.15, -0.1) is 0 Å². The first kappa shape index (κ1) is 12.5. The van der Waals surface area contributed by atoms with Crippen molar-refractivity contribution >= 4 is 0 Å². The van der Waals surface area contributed by atoms with Crippen LogP contribution in [0.5, 0.6) is 0 Å². The molecule has 0 amide bonds. The third kappa shape index (κ3) is 3.78. The van der Waals surface area contributed by atoms with Gasteiger partial charge < -0.3 is 10.1 Å². The van der Waals surface area contributed by atoms with Crippen molar-refractivity contribution in [2.24, 2.45) is 11.8 Å². The molecular weight excluding hydrogens is 216 g/mol. The van der Waals surface area contributed by atoms with Crippen molar-refractivity contribution in [3.63, 3.8) is 0 Å². The van der Waals surface area contributed by atoms with Crippen molar-refractivity contribution in [2.75, 3.05) is 19.7 Å². The average molecular weight is 238 g/mol. The molecular formula is C12H22N4O. The zero-order valence-electron chi connectivity index (χ0n) is 10.7. The molecule has 0 radical (unpaired) electrons. The third-order valence-corrected chi connectivity index (χ3v) is 2.98. The lowest BCUT2D eigenvalue weighted by molar-refractivity contribution is 0.0847. The van der Waals surface area contributed by atoms with E-state index in [4.69, 9.17) is 4.74 Å². The van der Waals surface area contributed by atoms with Crippen molar-refractivity contribution in [1.29, 1.82) is 0 Å². The SMILES string of the molecule is CC(C)Cn1ncnc1COCC1CCNC1. The van der Waals surface area contributed by atoms with Crippen molar-refractivity contribution in [1.82, 2.24) is 20.1 Å². The highest BCUT2D eigenvalue weighted by atomic mass is 16.5. The first-order valence-electron chi connectivity index (χ1n) is 6.41. The van der Waals surface area contributed by atoms with Crippen molar-refractivity contribution in [3.8, 4) is 0 Å². The maximum absolute atomic E-state index is 5.72. The van der Waals surface area contributed by atoms with Crippen LogP contribution in [-0.2, 0) is 17.9 Å². The molecule has 2 heterocycles. The van der Waals surface area contributed by atoms with E-state index < -0.39 is 0 Å². The normalized spacial score (nSPS) is 20.3. The molecule has 1 aliphatic rings. The Balaban J connectivity index is 1.75. The maximum atomic E-state index is 5.72. The van der Waals surface area contributed by atoms with Crippen LogP contribution in [0, 0.1) is 11.8 Å². The average Bonchev–Trinajstić information content (AvgIpc) is 2.90. The lowest BCUT2D eigenvalue weighted by atomic mass is 10.1. The van der Waals surface area contributed by atoms with E-state index in [-0.39, 0.29) is 0 Å². The number of hydrogen-bond acceptors (Lipinski definition) is 4. The first-order valence-corrected chi connectivity index (χ1v) is 6.41. The third-order valence-electron chi connectivity index (χ3n) is 2.98. The smallest absolute Gasteiger partial charge is 0.152 e. The highest BCUT2D eigenvalue weighted by molar-refractivity contribution is 4.82. The van der Waals surface area contributed by atoms with E-state index >= 15 is 0 Å². The number of hydrogen-bond donors (Lipinski definition) is 1. The highest BCUT2D eigenvalue weighted by Crippen LogP contribution is 2.09. The summed E-state index contributed by atoms with van der Waals surface area (Å²) in [6.07, 6.45) is 2.83. The number of aromatic nitrogens is 3. The molecule has 2 rings (SSSR count). The second kappa shape index (κ2) is 6.12. The standard InChI is InChI=1S/C12H22N4O/c1-10(2)6-16-12(14-9-15-16)8-17-7-11-3-4-13-5-11/h9-11,13H,3-8H2,1-2H3. The monoisotopic (exact) mass is 238 g/mol. The van der Waals surface area contributed by atoms with E-state index in [1.807, 2.05) is 4.68 Å². The molecule has 1 N–H and O–H groups in total. The topological polar surface area (TPSA) is 52.0 Å². The van der Waals surface area contributed by atoms with Gasteiger partial charge in [0.1, 0.15) is 12.9 Å². The number of rotatable bonds is 6. The van der Waals surface area contributed by atoms with Gasteiger partial charge in [-0.1, -0.05) is 13.8 Å². The molecule has 1 saturated heterocycles. The van der Waals surface area contributed by atoms with Gasteiger partial charge in [0.05, 0.1) is 6.61 Å². The summed E-state index contributed by atoms with van der Waals surface area (Å²) in [4.78, 5) is 4.24. The summed E-state index contributed by atoms with van der Waals surface area (Å²) in [5.41, 5.74) is 0. The second-order valence-corrected chi connectivity index (χ2v) is 5.13. The van der Waals surface area contributed by atoms with Crippen LogP contribution in [-0.4, -0.2) is 34.5 Å². The van der Waals surface area contributed by atoms with Crippen molar-refractivity contribution < 1.29 is 4.74 Å². The lowest BCUT2D eigenvalue weighted by Crippen LogP contribution is -2.16. The Morgan fingerprint density at radius 2 is 2.47 bits per heavy atom. The van der Waals surface area contributed by atoms with Gasteiger partial charge in [-0.3, -0.25) is 0 Å². The highest BCUT2D eigenvalue weighted by Gasteiger charge is 2.15. The van der Waals surface area contributed by atoms with Gasteiger partial charge in [0.15, 0.2) is 5.82 Å². The van der Waals surface area contributed by atoms with Gasteiger partial charge in [-0.2, -0.15) is 5.10 Å². The Hall–Kier alpha value is -0.940. The van der Waals surface area contributed by atoms with Crippen LogP contribution in [0.25, 0.3) is 0 Å². The van der Waals surface area contributed by atoms with E-state index in [1.54, 1.807) is 6.33 Å². The first-order chi connectivity index (χ1) is 8.25. The molecule has 96 valence electrons. The molecule has 0 aliphatic carbocycles. The van der Waals surface area contributed by atoms with E-state index in [1.165, 1.54) is 6.42 Å². The molecule has 1 atom stereocenters. The molecule has 17 heavy (non-hydrogen) atoms. The zero-order valence-corrected chi connectivity index (χ0v) is 10.7. The fraction of sp³-hybridized carbons (Fsp3) is 0.833. The van der Waals surface area contributed by atoms with Crippen LogP contribution in [0.15, 0.2) is 6.33 Å². The van der Waals surface area contributed by atoms with Gasteiger partial charge in [-0.25, -0.2) is 9.67 Å². The Kier molecular flexibility index (Phi) is 4.50. The van der Waals surface area contributed by atoms with Gasteiger partial charge in [0.25, 0.3) is 0 Å². The predicted octanol–water partition coefficient (Wildman–Crippen LogP) is 1.06. The molecule has 0 aromatic carbocycles. The van der Waals surface area contributed by atoms with Crippen LogP contribution < -0.4 is 5.32 Å². The summed E-state index contributed by atoms with van der Waals surface area (Å²) in [7, 11) is 0. The van der Waals surface area contributed by atoms with E-state index in [9.17, 15) is 0 Å². The van der Waals surface area contributed by atoms with E-state index in [2.05, 4.69) is 29.2 Å². The van der Waals surface area contributed by atoms with Crippen LogP contribution in [0.3, 0.4) is 0 Å². The van der Waals surface area contributed by atoms with E-state index in [0.29, 0.717) is 18.4 Å². The van der Waals surface area contributed by atoms with Crippen LogP contribution >= 0.6 is 0 Å². The predicted molar refractivity (Wildman–Crippen MR) is 65.5 cm³/mol. The summed E-state index contributed by atoms with van der Waals surface area (Å²) in [6, 6.07) is 0. The lowest BCUT2D eigenvalue weighted by Gasteiger charge is -2.11. The van der Waals surface area contributed by atoms with Crippen molar-refractivity contribution in [2.45, 2.75) is 33.4 Å². The molecule has 1 aromatic rings. The molecule has 0 bridgehead atoms. The van der Waals surface area contributed by atoms with Crippen LogP contribution in [0.2, 0.25) is 0 Å². The Morgan fingerprint density at radius 1 is 1.59 bits per heavy atom. The molecule has 0 saturated carbocycles. The van der Waals surface area contributed by atoms with Gasteiger partial charge >= 0.3 is 0 Å². The Morgan fingerprint density at radius 3 is 3.18 bits per heavy atom. The Bertz CT molecular complexity index is 331. The van der Waals surface area contributed by atoms with Crippen molar-refractivity contribution in [3.05, 3.63) is 12.2 Å². The number of nitrogens with zero attached hydrogens (tertiary/aromatic N) is 3. The summed E-state index contributed by atoms with van der Waals surface area (Å²) in [5.74, 6) is 2.18. The molecule has 5 nitrogen and oxygen atoms in total. The van der Waals surface area contributed by atoms with Gasteiger partial charge in [0, 0.05) is 13.1 Å². The largest absolute Gasteiger partial charge is 0.373 e. The van der Waals surface area contributed by atoms with Gasteiger partial charge in [-0.05, 0) is 24.8 Å². The summed E-state index contributed by atoms with van der Waals surface area (Å²) < 4.78 is 7.66. The quantitative estimate of drug-likeness (QED) is 0.805. The maximum Gasteiger partial charge on any atom is 0.152 e. The zero-order chi connectivity index (χ0) is 12.1. The van der Waals surface area contributed by atoms with E-state index in [0.717, 1.165) is 32.1 Å². The minimum absolute atomic E-state index is 0.573. The Labute approximate surface area is 103 Å². The summed E-state index contributed by atoms with van der Waals surface area (Å²) >= 11 is 0. The molecule has 1 aromatic heterocycles. The minimum atomic E-state index is 0.573. The molecule has 1 fully saturated rings. The molecule has 1 unspecified atom stereocenters. The number of ether oxygens (including phenoxy) is 1. The molecule has 1 aliphatic heterocycles. The van der Waals surface area contributed by atoms with Gasteiger partial charge in [0.2, 0.25) is 0 Å². The molecule has 5 heteroatoms.